The number of nitrogens with two attached hydrogens (primary N) is 1. The molecule has 0 aliphatic carbocycles. The molecule has 2 rings (SSSR count). The fourth-order valence-electron chi connectivity index (χ4n) is 3.23. The van der Waals surface area contributed by atoms with Crippen molar-refractivity contribution >= 4 is 36.6 Å². The Bertz CT molecular complexity index is 396. The van der Waals surface area contributed by atoms with Crippen LogP contribution in [0.15, 0.2) is 0 Å². The molecule has 0 spiro atoms. The minimum atomic E-state index is -0.0700. The summed E-state index contributed by atoms with van der Waals surface area (Å²) in [5.41, 5.74) is 5.70. The van der Waals surface area contributed by atoms with Gasteiger partial charge in [0.2, 0.25) is 11.8 Å². The van der Waals surface area contributed by atoms with Gasteiger partial charge in [-0.3, -0.25) is 14.5 Å². The second-order valence-electron chi connectivity index (χ2n) is 6.64. The van der Waals surface area contributed by atoms with Crippen molar-refractivity contribution in [2.24, 2.45) is 5.73 Å². The minimum Gasteiger partial charge on any atom is -0.341 e. The van der Waals surface area contributed by atoms with Crippen LogP contribution in [0.4, 0.5) is 0 Å². The van der Waals surface area contributed by atoms with Gasteiger partial charge < -0.3 is 15.5 Å². The first-order valence-electron chi connectivity index (χ1n) is 8.55. The maximum atomic E-state index is 12.4. The molecule has 2 fully saturated rings. The van der Waals surface area contributed by atoms with Crippen LogP contribution in [0, 0.1) is 0 Å². The molecular weight excluding hydrogens is 351 g/mol. The van der Waals surface area contributed by atoms with E-state index in [0.717, 1.165) is 58.5 Å². The van der Waals surface area contributed by atoms with Crippen LogP contribution >= 0.6 is 24.8 Å². The summed E-state index contributed by atoms with van der Waals surface area (Å²) in [6, 6.07) is 0.00256. The van der Waals surface area contributed by atoms with Gasteiger partial charge in [0.05, 0.1) is 6.04 Å². The van der Waals surface area contributed by atoms with Crippen molar-refractivity contribution in [2.45, 2.75) is 51.6 Å². The molecule has 24 heavy (non-hydrogen) atoms. The van der Waals surface area contributed by atoms with Gasteiger partial charge in [0.25, 0.3) is 0 Å². The fraction of sp³-hybridized carbons (Fsp3) is 0.875. The minimum absolute atomic E-state index is 0. The van der Waals surface area contributed by atoms with Crippen LogP contribution in [0.1, 0.15) is 39.5 Å². The number of likely N-dealkylation sites (tertiary alicyclic amines) is 1. The lowest BCUT2D eigenvalue weighted by molar-refractivity contribution is -0.138. The summed E-state index contributed by atoms with van der Waals surface area (Å²) in [5, 5.41) is 0. The Balaban J connectivity index is 0.00000264. The standard InChI is InChI=1S/C16H30N4O2.2ClH/c1-13(17)5-6-15(21)19-11-9-18(10-12-19)14(2)16(22)20-7-3-4-8-20;;/h13-14H,3-12,17H2,1-2H3;2*1H. The Morgan fingerprint density at radius 2 is 1.46 bits per heavy atom. The normalized spacial score (nSPS) is 20.8. The summed E-state index contributed by atoms with van der Waals surface area (Å²) >= 11 is 0. The van der Waals surface area contributed by atoms with Gasteiger partial charge >= 0.3 is 0 Å². The highest BCUT2D eigenvalue weighted by molar-refractivity contribution is 5.85. The predicted octanol–water partition coefficient (Wildman–Crippen LogP) is 1.11. The highest BCUT2D eigenvalue weighted by Crippen LogP contribution is 2.14. The molecule has 0 aromatic rings. The van der Waals surface area contributed by atoms with Gasteiger partial charge in [-0.1, -0.05) is 0 Å². The van der Waals surface area contributed by atoms with Gasteiger partial charge in [-0.15, -0.1) is 24.8 Å². The summed E-state index contributed by atoms with van der Waals surface area (Å²) in [7, 11) is 0. The van der Waals surface area contributed by atoms with E-state index in [9.17, 15) is 9.59 Å². The van der Waals surface area contributed by atoms with Crippen molar-refractivity contribution in [1.29, 1.82) is 0 Å². The summed E-state index contributed by atoms with van der Waals surface area (Å²) < 4.78 is 0. The third-order valence-electron chi connectivity index (χ3n) is 4.80. The number of amides is 2. The Kier molecular flexibility index (Phi) is 10.9. The van der Waals surface area contributed by atoms with E-state index < -0.39 is 0 Å². The smallest absolute Gasteiger partial charge is 0.239 e. The van der Waals surface area contributed by atoms with Crippen LogP contribution < -0.4 is 5.73 Å². The number of rotatable bonds is 5. The molecule has 2 saturated heterocycles. The number of carbonyl (C=O) groups is 2. The number of carbonyl (C=O) groups excluding carboxylic acids is 2. The first-order chi connectivity index (χ1) is 10.5. The average molecular weight is 383 g/mol. The second-order valence-corrected chi connectivity index (χ2v) is 6.64. The Morgan fingerprint density at radius 3 is 1.96 bits per heavy atom. The van der Waals surface area contributed by atoms with Gasteiger partial charge in [0, 0.05) is 51.7 Å². The van der Waals surface area contributed by atoms with Crippen molar-refractivity contribution in [1.82, 2.24) is 14.7 Å². The first kappa shape index (κ1) is 23.4. The SMILES string of the molecule is CC(N)CCC(=O)N1CCN(C(C)C(=O)N2CCCC2)CC1.Cl.Cl. The molecular formula is C16H32Cl2N4O2. The van der Waals surface area contributed by atoms with Crippen molar-refractivity contribution in [3.8, 4) is 0 Å². The van der Waals surface area contributed by atoms with Crippen molar-refractivity contribution in [2.75, 3.05) is 39.3 Å². The van der Waals surface area contributed by atoms with Gasteiger partial charge in [-0.05, 0) is 33.1 Å². The second kappa shape index (κ2) is 11.1. The van der Waals surface area contributed by atoms with Gasteiger partial charge in [-0.2, -0.15) is 0 Å². The van der Waals surface area contributed by atoms with E-state index in [-0.39, 0.29) is 48.7 Å². The number of piperazine rings is 1. The largest absolute Gasteiger partial charge is 0.341 e. The van der Waals surface area contributed by atoms with Crippen LogP contribution in [-0.2, 0) is 9.59 Å². The molecule has 8 heteroatoms. The molecule has 6 nitrogen and oxygen atoms in total. The highest BCUT2D eigenvalue weighted by Gasteiger charge is 2.30. The van der Waals surface area contributed by atoms with Gasteiger partial charge in [0.1, 0.15) is 0 Å². The van der Waals surface area contributed by atoms with Crippen LogP contribution in [-0.4, -0.2) is 77.9 Å². The predicted molar refractivity (Wildman–Crippen MR) is 101 cm³/mol. The van der Waals surface area contributed by atoms with Crippen molar-refractivity contribution < 1.29 is 9.59 Å². The number of nitrogens with zero attached hydrogens (tertiary/aromatic N) is 3. The van der Waals surface area contributed by atoms with E-state index in [4.69, 9.17) is 5.73 Å². The van der Waals surface area contributed by atoms with Crippen LogP contribution in [0.2, 0.25) is 0 Å². The van der Waals surface area contributed by atoms with E-state index in [1.54, 1.807) is 0 Å². The molecule has 2 aliphatic rings. The summed E-state index contributed by atoms with van der Waals surface area (Å²) in [6.07, 6.45) is 3.52. The molecule has 2 N–H and O–H groups in total. The number of hydrogen-bond acceptors (Lipinski definition) is 4. The molecule has 0 aromatic heterocycles. The molecule has 0 radical (unpaired) electrons. The fourth-order valence-corrected chi connectivity index (χ4v) is 3.23. The Labute approximate surface area is 157 Å². The molecule has 2 atom stereocenters. The number of halogens is 2. The highest BCUT2D eigenvalue weighted by atomic mass is 35.5. The van der Waals surface area contributed by atoms with E-state index >= 15 is 0 Å². The molecule has 2 heterocycles. The summed E-state index contributed by atoms with van der Waals surface area (Å²) in [5.74, 6) is 0.435. The zero-order valence-electron chi connectivity index (χ0n) is 14.8. The van der Waals surface area contributed by atoms with Crippen molar-refractivity contribution in [3.05, 3.63) is 0 Å². The van der Waals surface area contributed by atoms with E-state index in [0.29, 0.717) is 6.42 Å². The Hall–Kier alpha value is -0.560. The molecule has 0 saturated carbocycles. The van der Waals surface area contributed by atoms with Crippen LogP contribution in [0.3, 0.4) is 0 Å². The van der Waals surface area contributed by atoms with Gasteiger partial charge in [0.15, 0.2) is 0 Å². The lowest BCUT2D eigenvalue weighted by Crippen LogP contribution is -2.55. The van der Waals surface area contributed by atoms with E-state index in [2.05, 4.69) is 4.90 Å². The van der Waals surface area contributed by atoms with Crippen LogP contribution in [0.5, 0.6) is 0 Å². The maximum absolute atomic E-state index is 12.4. The van der Waals surface area contributed by atoms with E-state index in [1.807, 2.05) is 23.6 Å². The maximum Gasteiger partial charge on any atom is 0.239 e. The number of hydrogen-bond donors (Lipinski definition) is 1. The summed E-state index contributed by atoms with van der Waals surface area (Å²) in [6.45, 7) is 8.73. The molecule has 2 amide bonds. The van der Waals surface area contributed by atoms with E-state index in [1.165, 1.54) is 0 Å². The zero-order chi connectivity index (χ0) is 16.1. The summed E-state index contributed by atoms with van der Waals surface area (Å²) in [4.78, 5) is 30.6. The third kappa shape index (κ3) is 6.39. The lowest BCUT2D eigenvalue weighted by Gasteiger charge is -2.38. The topological polar surface area (TPSA) is 69.9 Å². The molecule has 2 unspecified atom stereocenters. The average Bonchev–Trinajstić information content (AvgIpc) is 3.05. The molecule has 2 aliphatic heterocycles. The van der Waals surface area contributed by atoms with Crippen LogP contribution in [0.25, 0.3) is 0 Å². The molecule has 0 aromatic carbocycles. The van der Waals surface area contributed by atoms with Crippen molar-refractivity contribution in [3.63, 3.8) is 0 Å². The lowest BCUT2D eigenvalue weighted by atomic mass is 10.1. The Morgan fingerprint density at radius 1 is 0.917 bits per heavy atom. The molecule has 0 bridgehead atoms. The molecule has 142 valence electrons. The third-order valence-corrected chi connectivity index (χ3v) is 4.80. The monoisotopic (exact) mass is 382 g/mol. The quantitative estimate of drug-likeness (QED) is 0.772. The zero-order valence-corrected chi connectivity index (χ0v) is 16.4. The first-order valence-corrected chi connectivity index (χ1v) is 8.55. The van der Waals surface area contributed by atoms with Gasteiger partial charge in [-0.25, -0.2) is 0 Å².